The molecule has 5 rings (SSSR count). The highest BCUT2D eigenvalue weighted by atomic mass is 35.5. The quantitative estimate of drug-likeness (QED) is 0.0852. The van der Waals surface area contributed by atoms with Gasteiger partial charge in [-0.25, -0.2) is 8.42 Å². The Balaban J connectivity index is 1.25. The fraction of sp³-hybridized carbons (Fsp3) is 0.404. The summed E-state index contributed by atoms with van der Waals surface area (Å²) in [5.74, 6) is -1.28. The van der Waals surface area contributed by atoms with Crippen molar-refractivity contribution < 1.29 is 27.5 Å². The number of amidine groups is 1. The molecule has 13 heteroatoms. The number of nitrogens with zero attached hydrogens (tertiary/aromatic N) is 2. The molecule has 1 atom stereocenters. The Labute approximate surface area is 360 Å². The highest BCUT2D eigenvalue weighted by Gasteiger charge is 2.41. The summed E-state index contributed by atoms with van der Waals surface area (Å²) in [4.78, 5) is 40.7. The van der Waals surface area contributed by atoms with Gasteiger partial charge in [0.1, 0.15) is 5.75 Å². The summed E-state index contributed by atoms with van der Waals surface area (Å²) in [6.45, 7) is 17.3. The zero-order valence-electron chi connectivity index (χ0n) is 35.9. The zero-order valence-corrected chi connectivity index (χ0v) is 37.5. The van der Waals surface area contributed by atoms with Gasteiger partial charge in [0.15, 0.2) is 11.9 Å². The molecule has 0 spiro atoms. The normalized spacial score (nSPS) is 14.6. The summed E-state index contributed by atoms with van der Waals surface area (Å²) >= 11 is 6.58. The number of amides is 3. The third-order valence-electron chi connectivity index (χ3n) is 11.3. The standard InChI is InChI=1S/C47H58ClN5O6S/c1-9-46(5,6)35-23-24-39(37(30-35)47(7,8)10-2)59-25-15-22-40(54)49-36-21-14-20-34(29-36)44(55)50-43-41(52-60(57,58)26-16-19-33-17-12-11-13-18-33)45(56)53(51-43)42-32(4)27-31(3)28-38(42)48/h11-14,17-18,20-21,23-24,27-30,41,52H,9-10,15-16,19,22,25-26H2,1-8H3,(H,49,54)(H,50,51,55). The van der Waals surface area contributed by atoms with Crippen molar-refractivity contribution in [3.05, 3.63) is 123 Å². The van der Waals surface area contributed by atoms with Gasteiger partial charge in [-0.1, -0.05) is 108 Å². The molecule has 60 heavy (non-hydrogen) atoms. The summed E-state index contributed by atoms with van der Waals surface area (Å²) in [6.07, 6.45) is 3.45. The Morgan fingerprint density at radius 1 is 0.867 bits per heavy atom. The minimum absolute atomic E-state index is 0.0410. The van der Waals surface area contributed by atoms with Crippen LogP contribution in [0.5, 0.6) is 5.75 Å². The van der Waals surface area contributed by atoms with E-state index in [4.69, 9.17) is 16.3 Å². The number of carbonyl (C=O) groups excluding carboxylic acids is 3. The minimum atomic E-state index is -4.02. The van der Waals surface area contributed by atoms with Crippen molar-refractivity contribution in [1.82, 2.24) is 10.0 Å². The summed E-state index contributed by atoms with van der Waals surface area (Å²) in [7, 11) is -4.02. The molecule has 3 N–H and O–H groups in total. The number of ether oxygens (including phenoxy) is 1. The van der Waals surface area contributed by atoms with E-state index in [0.29, 0.717) is 37.1 Å². The number of hydrogen-bond acceptors (Lipinski definition) is 7. The lowest BCUT2D eigenvalue weighted by atomic mass is 9.76. The van der Waals surface area contributed by atoms with E-state index >= 15 is 0 Å². The van der Waals surface area contributed by atoms with Gasteiger partial charge in [-0.3, -0.25) is 14.4 Å². The average Bonchev–Trinajstić information content (AvgIpc) is 3.48. The lowest BCUT2D eigenvalue weighted by Gasteiger charge is -2.30. The number of nitrogens with one attached hydrogen (secondary N) is 3. The van der Waals surface area contributed by atoms with E-state index in [-0.39, 0.29) is 51.0 Å². The fourth-order valence-corrected chi connectivity index (χ4v) is 8.52. The van der Waals surface area contributed by atoms with Gasteiger partial charge >= 0.3 is 0 Å². The van der Waals surface area contributed by atoms with Crippen molar-refractivity contribution in [2.45, 2.75) is 111 Å². The summed E-state index contributed by atoms with van der Waals surface area (Å²) in [6, 6.07) is 24.2. The molecule has 3 amide bonds. The second-order valence-corrected chi connectivity index (χ2v) is 19.0. The SMILES string of the molecule is CCC(C)(C)c1ccc(OCCCC(=O)Nc2cccc(C(=O)NC3=NN(c4c(C)cc(C)cc4Cl)C(=O)C3NS(=O)(=O)CCCc3ccccc3)c2)c(C(C)(C)CC)c1. The Morgan fingerprint density at radius 2 is 1.58 bits per heavy atom. The van der Waals surface area contributed by atoms with Gasteiger partial charge in [0.05, 0.1) is 23.1 Å². The Bertz CT molecular complexity index is 2320. The van der Waals surface area contributed by atoms with Crippen molar-refractivity contribution in [1.29, 1.82) is 0 Å². The Hall–Kier alpha value is -5.04. The molecule has 0 fully saturated rings. The van der Waals surface area contributed by atoms with Crippen molar-refractivity contribution in [3.8, 4) is 5.75 Å². The van der Waals surface area contributed by atoms with Crippen LogP contribution in [0.3, 0.4) is 0 Å². The monoisotopic (exact) mass is 855 g/mol. The number of hydrazone groups is 1. The van der Waals surface area contributed by atoms with Gasteiger partial charge in [0.25, 0.3) is 11.8 Å². The van der Waals surface area contributed by atoms with Crippen LogP contribution in [0.4, 0.5) is 11.4 Å². The van der Waals surface area contributed by atoms with E-state index in [1.54, 1.807) is 31.2 Å². The first-order chi connectivity index (χ1) is 28.3. The van der Waals surface area contributed by atoms with Crippen molar-refractivity contribution in [2.75, 3.05) is 22.7 Å². The van der Waals surface area contributed by atoms with E-state index in [1.807, 2.05) is 49.4 Å². The molecule has 0 saturated carbocycles. The van der Waals surface area contributed by atoms with Crippen molar-refractivity contribution in [3.63, 3.8) is 0 Å². The van der Waals surface area contributed by atoms with Gasteiger partial charge in [-0.05, 0) is 109 Å². The lowest BCUT2D eigenvalue weighted by molar-refractivity contribution is -0.118. The highest BCUT2D eigenvalue weighted by molar-refractivity contribution is 7.89. The van der Waals surface area contributed by atoms with E-state index < -0.39 is 27.9 Å². The number of anilines is 2. The molecule has 0 bridgehead atoms. The Morgan fingerprint density at radius 3 is 2.27 bits per heavy atom. The number of halogens is 1. The molecule has 11 nitrogen and oxygen atoms in total. The maximum absolute atomic E-state index is 13.9. The van der Waals surface area contributed by atoms with E-state index in [9.17, 15) is 22.8 Å². The topological polar surface area (TPSA) is 146 Å². The predicted octanol–water partition coefficient (Wildman–Crippen LogP) is 9.14. The summed E-state index contributed by atoms with van der Waals surface area (Å²) in [5.41, 5.74) is 5.68. The third-order valence-corrected chi connectivity index (χ3v) is 13.0. The molecular weight excluding hydrogens is 798 g/mol. The average molecular weight is 857 g/mol. The summed E-state index contributed by atoms with van der Waals surface area (Å²) in [5, 5.41) is 11.2. The second kappa shape index (κ2) is 19.6. The molecule has 320 valence electrons. The van der Waals surface area contributed by atoms with E-state index in [1.165, 1.54) is 11.6 Å². The van der Waals surface area contributed by atoms with Crippen LogP contribution in [-0.4, -0.2) is 50.4 Å². The maximum Gasteiger partial charge on any atom is 0.273 e. The molecule has 1 aliphatic rings. The van der Waals surface area contributed by atoms with Crippen LogP contribution in [0.25, 0.3) is 0 Å². The van der Waals surface area contributed by atoms with Crippen LogP contribution >= 0.6 is 11.6 Å². The molecule has 0 radical (unpaired) electrons. The number of aryl methyl sites for hydroxylation is 3. The first-order valence-electron chi connectivity index (χ1n) is 20.6. The first-order valence-corrected chi connectivity index (χ1v) is 22.6. The fourth-order valence-electron chi connectivity index (χ4n) is 6.91. The number of hydrogen-bond donors (Lipinski definition) is 3. The first kappa shape index (κ1) is 46.0. The van der Waals surface area contributed by atoms with Crippen molar-refractivity contribution >= 4 is 56.6 Å². The molecule has 1 aliphatic heterocycles. The van der Waals surface area contributed by atoms with Crippen LogP contribution < -0.4 is 25.1 Å². The number of carbonyl (C=O) groups is 3. The predicted molar refractivity (Wildman–Crippen MR) is 242 cm³/mol. The molecule has 0 aromatic heterocycles. The van der Waals surface area contributed by atoms with Gasteiger partial charge in [-0.2, -0.15) is 9.73 Å². The molecule has 0 aliphatic carbocycles. The van der Waals surface area contributed by atoms with Gasteiger partial charge in [0.2, 0.25) is 15.9 Å². The largest absolute Gasteiger partial charge is 0.493 e. The molecule has 1 unspecified atom stereocenters. The van der Waals surface area contributed by atoms with Crippen LogP contribution in [0.15, 0.2) is 90.0 Å². The minimum Gasteiger partial charge on any atom is -0.493 e. The zero-order chi connectivity index (χ0) is 43.8. The molecule has 1 heterocycles. The smallest absolute Gasteiger partial charge is 0.273 e. The summed E-state index contributed by atoms with van der Waals surface area (Å²) < 4.78 is 35.4. The van der Waals surface area contributed by atoms with Crippen molar-refractivity contribution in [2.24, 2.45) is 5.10 Å². The molecule has 4 aromatic carbocycles. The molecule has 4 aromatic rings. The van der Waals surface area contributed by atoms with Gasteiger partial charge < -0.3 is 15.4 Å². The number of sulfonamides is 1. The molecular formula is C47H58ClN5O6S. The number of benzene rings is 4. The van der Waals surface area contributed by atoms with Crippen LogP contribution in [-0.2, 0) is 36.9 Å². The van der Waals surface area contributed by atoms with Gasteiger partial charge in [0, 0.05) is 23.2 Å². The second-order valence-electron chi connectivity index (χ2n) is 16.7. The molecule has 0 saturated heterocycles. The number of rotatable bonds is 18. The van der Waals surface area contributed by atoms with Crippen LogP contribution in [0.2, 0.25) is 5.02 Å². The van der Waals surface area contributed by atoms with E-state index in [2.05, 4.69) is 74.1 Å². The van der Waals surface area contributed by atoms with Gasteiger partial charge in [-0.15, -0.1) is 5.10 Å². The highest BCUT2D eigenvalue weighted by Crippen LogP contribution is 2.39. The van der Waals surface area contributed by atoms with Crippen LogP contribution in [0.1, 0.15) is 112 Å². The maximum atomic E-state index is 13.9. The van der Waals surface area contributed by atoms with Crippen LogP contribution in [0, 0.1) is 13.8 Å². The Kier molecular flexibility index (Phi) is 15.0. The third kappa shape index (κ3) is 11.6. The van der Waals surface area contributed by atoms with E-state index in [0.717, 1.165) is 40.3 Å². The lowest BCUT2D eigenvalue weighted by Crippen LogP contribution is -2.51.